The SMILES string of the molecule is NC(=O)C1CC(C(=O)Nc2cccc(F)c2)=NN1c1ccccc1. The number of hydrogen-bond donors (Lipinski definition) is 2. The third kappa shape index (κ3) is 3.24. The minimum Gasteiger partial charge on any atom is -0.368 e. The van der Waals surface area contributed by atoms with Crippen molar-refractivity contribution in [2.45, 2.75) is 12.5 Å². The van der Waals surface area contributed by atoms with Gasteiger partial charge in [0.05, 0.1) is 5.69 Å². The number of nitrogens with two attached hydrogens (primary N) is 1. The van der Waals surface area contributed by atoms with Crippen LogP contribution in [0.1, 0.15) is 6.42 Å². The minimum atomic E-state index is -0.736. The molecule has 0 aliphatic carbocycles. The Morgan fingerprint density at radius 2 is 1.92 bits per heavy atom. The number of anilines is 2. The molecule has 0 aromatic heterocycles. The summed E-state index contributed by atoms with van der Waals surface area (Å²) in [5.41, 5.74) is 6.56. The molecule has 122 valence electrons. The van der Waals surface area contributed by atoms with Gasteiger partial charge in [-0.2, -0.15) is 5.10 Å². The summed E-state index contributed by atoms with van der Waals surface area (Å²) in [6.07, 6.45) is 0.0887. The fourth-order valence-electron chi connectivity index (χ4n) is 2.46. The maximum atomic E-state index is 13.2. The number of hydrazone groups is 1. The number of nitrogens with one attached hydrogen (secondary N) is 1. The van der Waals surface area contributed by atoms with Gasteiger partial charge in [0, 0.05) is 12.1 Å². The molecule has 3 N–H and O–H groups in total. The Morgan fingerprint density at radius 1 is 1.17 bits per heavy atom. The van der Waals surface area contributed by atoms with E-state index in [2.05, 4.69) is 10.4 Å². The number of carbonyl (C=O) groups is 2. The van der Waals surface area contributed by atoms with E-state index in [1.807, 2.05) is 6.07 Å². The molecular weight excluding hydrogens is 311 g/mol. The first-order valence-electron chi connectivity index (χ1n) is 7.32. The molecule has 1 heterocycles. The van der Waals surface area contributed by atoms with Gasteiger partial charge < -0.3 is 11.1 Å². The zero-order valence-electron chi connectivity index (χ0n) is 12.6. The van der Waals surface area contributed by atoms with E-state index in [9.17, 15) is 14.0 Å². The van der Waals surface area contributed by atoms with Crippen molar-refractivity contribution < 1.29 is 14.0 Å². The van der Waals surface area contributed by atoms with Crippen LogP contribution >= 0.6 is 0 Å². The Kier molecular flexibility index (Phi) is 4.24. The van der Waals surface area contributed by atoms with E-state index in [1.54, 1.807) is 30.3 Å². The summed E-state index contributed by atoms with van der Waals surface area (Å²) in [6, 6.07) is 13.8. The second kappa shape index (κ2) is 6.49. The van der Waals surface area contributed by atoms with Crippen LogP contribution in [-0.2, 0) is 9.59 Å². The maximum Gasteiger partial charge on any atom is 0.271 e. The van der Waals surface area contributed by atoms with E-state index in [0.29, 0.717) is 11.4 Å². The van der Waals surface area contributed by atoms with Crippen molar-refractivity contribution in [3.05, 3.63) is 60.4 Å². The van der Waals surface area contributed by atoms with Crippen molar-refractivity contribution in [1.82, 2.24) is 0 Å². The number of benzene rings is 2. The van der Waals surface area contributed by atoms with Crippen molar-refractivity contribution in [1.29, 1.82) is 0 Å². The minimum absolute atomic E-state index is 0.0887. The lowest BCUT2D eigenvalue weighted by atomic mass is 10.1. The smallest absolute Gasteiger partial charge is 0.271 e. The molecule has 6 nitrogen and oxygen atoms in total. The molecule has 2 amide bonds. The summed E-state index contributed by atoms with van der Waals surface area (Å²) in [5, 5.41) is 8.22. The Hall–Kier alpha value is -3.22. The number of carbonyl (C=O) groups excluding carboxylic acids is 2. The fourth-order valence-corrected chi connectivity index (χ4v) is 2.46. The number of amides is 2. The highest BCUT2D eigenvalue weighted by Gasteiger charge is 2.34. The molecule has 1 aliphatic rings. The van der Waals surface area contributed by atoms with E-state index in [0.717, 1.165) is 0 Å². The van der Waals surface area contributed by atoms with Gasteiger partial charge in [-0.1, -0.05) is 24.3 Å². The van der Waals surface area contributed by atoms with Crippen molar-refractivity contribution in [2.24, 2.45) is 10.8 Å². The molecule has 0 bridgehead atoms. The van der Waals surface area contributed by atoms with Gasteiger partial charge in [0.15, 0.2) is 0 Å². The average molecular weight is 326 g/mol. The second-order valence-electron chi connectivity index (χ2n) is 5.31. The normalized spacial score (nSPS) is 16.6. The maximum absolute atomic E-state index is 13.2. The Morgan fingerprint density at radius 3 is 2.58 bits per heavy atom. The molecule has 1 aliphatic heterocycles. The fraction of sp³-hybridized carbons (Fsp3) is 0.118. The number of para-hydroxylation sites is 1. The average Bonchev–Trinajstić information content (AvgIpc) is 3.01. The molecular formula is C17H15FN4O2. The van der Waals surface area contributed by atoms with E-state index < -0.39 is 23.7 Å². The van der Waals surface area contributed by atoms with E-state index in [4.69, 9.17) is 5.73 Å². The van der Waals surface area contributed by atoms with Gasteiger partial charge in [-0.15, -0.1) is 0 Å². The van der Waals surface area contributed by atoms with Crippen molar-refractivity contribution in [2.75, 3.05) is 10.3 Å². The standard InChI is InChI=1S/C17H15FN4O2/c18-11-5-4-6-12(9-11)20-17(24)14-10-15(16(19)23)22(21-14)13-7-2-1-3-8-13/h1-9,15H,10H2,(H2,19,23)(H,20,24). The van der Waals surface area contributed by atoms with E-state index in [-0.39, 0.29) is 12.1 Å². The highest BCUT2D eigenvalue weighted by atomic mass is 19.1. The zero-order valence-corrected chi connectivity index (χ0v) is 12.6. The lowest BCUT2D eigenvalue weighted by molar-refractivity contribution is -0.119. The molecule has 24 heavy (non-hydrogen) atoms. The summed E-state index contributed by atoms with van der Waals surface area (Å²) in [4.78, 5) is 24.0. The third-order valence-corrected chi connectivity index (χ3v) is 3.60. The van der Waals surface area contributed by atoms with Crippen LogP contribution in [0.25, 0.3) is 0 Å². The molecule has 3 rings (SSSR count). The number of halogens is 1. The van der Waals surface area contributed by atoms with Gasteiger partial charge in [-0.25, -0.2) is 4.39 Å². The summed E-state index contributed by atoms with van der Waals surface area (Å²) in [5.74, 6) is -1.52. The first kappa shape index (κ1) is 15.7. The van der Waals surface area contributed by atoms with Crippen LogP contribution in [0.4, 0.5) is 15.8 Å². The van der Waals surface area contributed by atoms with Crippen LogP contribution in [-0.4, -0.2) is 23.6 Å². The Balaban J connectivity index is 1.82. The monoisotopic (exact) mass is 326 g/mol. The van der Waals surface area contributed by atoms with Crippen LogP contribution in [0.15, 0.2) is 59.7 Å². The predicted molar refractivity (Wildman–Crippen MR) is 89.0 cm³/mol. The van der Waals surface area contributed by atoms with Gasteiger partial charge in [0.1, 0.15) is 17.6 Å². The lowest BCUT2D eigenvalue weighted by Crippen LogP contribution is -2.39. The molecule has 0 fully saturated rings. The number of hydrogen-bond acceptors (Lipinski definition) is 4. The summed E-state index contributed by atoms with van der Waals surface area (Å²) in [6.45, 7) is 0. The van der Waals surface area contributed by atoms with Gasteiger partial charge in [-0.05, 0) is 30.3 Å². The predicted octanol–water partition coefficient (Wildman–Crippen LogP) is 1.88. The van der Waals surface area contributed by atoms with Crippen LogP contribution in [0.5, 0.6) is 0 Å². The number of nitrogens with zero attached hydrogens (tertiary/aromatic N) is 2. The molecule has 0 saturated heterocycles. The van der Waals surface area contributed by atoms with Crippen molar-refractivity contribution >= 4 is 28.9 Å². The highest BCUT2D eigenvalue weighted by molar-refractivity contribution is 6.44. The molecule has 1 unspecified atom stereocenters. The van der Waals surface area contributed by atoms with Gasteiger partial charge in [0.25, 0.3) is 5.91 Å². The van der Waals surface area contributed by atoms with Crippen LogP contribution in [0, 0.1) is 5.82 Å². The molecule has 7 heteroatoms. The topological polar surface area (TPSA) is 87.8 Å². The quantitative estimate of drug-likeness (QED) is 0.899. The molecule has 0 radical (unpaired) electrons. The lowest BCUT2D eigenvalue weighted by Gasteiger charge is -2.20. The zero-order chi connectivity index (χ0) is 17.1. The first-order chi connectivity index (χ1) is 11.5. The largest absolute Gasteiger partial charge is 0.368 e. The van der Waals surface area contributed by atoms with E-state index >= 15 is 0 Å². The molecule has 0 saturated carbocycles. The first-order valence-corrected chi connectivity index (χ1v) is 7.32. The highest BCUT2D eigenvalue weighted by Crippen LogP contribution is 2.24. The Bertz CT molecular complexity index is 807. The van der Waals surface area contributed by atoms with Gasteiger partial charge >= 0.3 is 0 Å². The van der Waals surface area contributed by atoms with Gasteiger partial charge in [-0.3, -0.25) is 14.6 Å². The summed E-state index contributed by atoms with van der Waals surface area (Å²) < 4.78 is 13.2. The Labute approximate surface area is 137 Å². The van der Waals surface area contributed by atoms with Crippen LogP contribution < -0.4 is 16.1 Å². The second-order valence-corrected chi connectivity index (χ2v) is 5.31. The van der Waals surface area contributed by atoms with Crippen LogP contribution in [0.3, 0.4) is 0 Å². The molecule has 2 aromatic rings. The van der Waals surface area contributed by atoms with E-state index in [1.165, 1.54) is 23.2 Å². The van der Waals surface area contributed by atoms with Crippen molar-refractivity contribution in [3.63, 3.8) is 0 Å². The van der Waals surface area contributed by atoms with Crippen molar-refractivity contribution in [3.8, 4) is 0 Å². The number of primary amides is 1. The summed E-state index contributed by atoms with van der Waals surface area (Å²) in [7, 11) is 0. The van der Waals surface area contributed by atoms with Gasteiger partial charge in [0.2, 0.25) is 5.91 Å². The molecule has 1 atom stereocenters. The number of rotatable bonds is 4. The molecule has 2 aromatic carbocycles. The van der Waals surface area contributed by atoms with Crippen LogP contribution in [0.2, 0.25) is 0 Å². The third-order valence-electron chi connectivity index (χ3n) is 3.60. The summed E-state index contributed by atoms with van der Waals surface area (Å²) >= 11 is 0. The molecule has 0 spiro atoms.